The number of anilines is 1. The van der Waals surface area contributed by atoms with E-state index in [1.807, 2.05) is 36.4 Å². The number of ether oxygens (including phenoxy) is 1. The second kappa shape index (κ2) is 10.0. The maximum absolute atomic E-state index is 11.7. The number of hydrazone groups is 1. The van der Waals surface area contributed by atoms with Crippen molar-refractivity contribution in [3.8, 4) is 5.75 Å². The van der Waals surface area contributed by atoms with Crippen LogP contribution in [0.2, 0.25) is 0 Å². The maximum Gasteiger partial charge on any atom is 0.277 e. The topological polar surface area (TPSA) is 53.9 Å². The first-order valence-electron chi connectivity index (χ1n) is 8.17. The Morgan fingerprint density at radius 2 is 1.76 bits per heavy atom. The highest BCUT2D eigenvalue weighted by Gasteiger charge is 2.02. The molecular formula is C19H22IN3O2. The van der Waals surface area contributed by atoms with E-state index in [1.54, 1.807) is 6.21 Å². The lowest BCUT2D eigenvalue weighted by atomic mass is 10.2. The lowest BCUT2D eigenvalue weighted by molar-refractivity contribution is -0.123. The predicted octanol–water partition coefficient (Wildman–Crippen LogP) is 3.67. The SMILES string of the molecule is CCN(CC)c1ccc(/C=N\NC(=O)COc2ccc(I)cc2)cc1. The average Bonchev–Trinajstić information content (AvgIpc) is 2.63. The second-order valence-corrected chi connectivity index (χ2v) is 6.55. The highest BCUT2D eigenvalue weighted by Crippen LogP contribution is 2.14. The minimum Gasteiger partial charge on any atom is -0.484 e. The fourth-order valence-electron chi connectivity index (χ4n) is 2.25. The van der Waals surface area contributed by atoms with Crippen molar-refractivity contribution in [3.63, 3.8) is 0 Å². The average molecular weight is 451 g/mol. The van der Waals surface area contributed by atoms with Crippen molar-refractivity contribution >= 4 is 40.4 Å². The number of carbonyl (C=O) groups excluding carboxylic acids is 1. The summed E-state index contributed by atoms with van der Waals surface area (Å²) in [5.41, 5.74) is 4.57. The van der Waals surface area contributed by atoms with Gasteiger partial charge in [-0.1, -0.05) is 12.1 Å². The Hall–Kier alpha value is -2.09. The molecule has 2 aromatic carbocycles. The third-order valence-corrected chi connectivity index (χ3v) is 4.33. The van der Waals surface area contributed by atoms with Crippen LogP contribution in [0.5, 0.6) is 5.75 Å². The van der Waals surface area contributed by atoms with Gasteiger partial charge < -0.3 is 9.64 Å². The van der Waals surface area contributed by atoms with E-state index in [9.17, 15) is 4.79 Å². The summed E-state index contributed by atoms with van der Waals surface area (Å²) in [6, 6.07) is 15.6. The molecule has 0 aromatic heterocycles. The molecule has 2 rings (SSSR count). The van der Waals surface area contributed by atoms with Crippen LogP contribution in [0.3, 0.4) is 0 Å². The van der Waals surface area contributed by atoms with E-state index in [2.05, 4.69) is 64.0 Å². The highest BCUT2D eigenvalue weighted by molar-refractivity contribution is 14.1. The molecule has 0 saturated heterocycles. The van der Waals surface area contributed by atoms with Crippen molar-refractivity contribution in [3.05, 3.63) is 57.7 Å². The molecule has 2 aromatic rings. The molecule has 6 heteroatoms. The molecule has 0 aliphatic carbocycles. The Bertz CT molecular complexity index is 696. The van der Waals surface area contributed by atoms with Crippen LogP contribution < -0.4 is 15.1 Å². The molecule has 0 atom stereocenters. The van der Waals surface area contributed by atoms with Gasteiger partial charge in [-0.2, -0.15) is 5.10 Å². The summed E-state index contributed by atoms with van der Waals surface area (Å²) >= 11 is 2.22. The largest absolute Gasteiger partial charge is 0.484 e. The number of nitrogens with zero attached hydrogens (tertiary/aromatic N) is 2. The first-order chi connectivity index (χ1) is 12.1. The van der Waals surface area contributed by atoms with Crippen molar-refractivity contribution in [1.82, 2.24) is 5.43 Å². The highest BCUT2D eigenvalue weighted by atomic mass is 127. The summed E-state index contributed by atoms with van der Waals surface area (Å²) in [5.74, 6) is 0.362. The smallest absolute Gasteiger partial charge is 0.277 e. The first kappa shape index (κ1) is 19.2. The number of carbonyl (C=O) groups is 1. The zero-order valence-electron chi connectivity index (χ0n) is 14.4. The van der Waals surface area contributed by atoms with Crippen LogP contribution in [0.15, 0.2) is 53.6 Å². The minimum absolute atomic E-state index is 0.0706. The Morgan fingerprint density at radius 3 is 2.36 bits per heavy atom. The van der Waals surface area contributed by atoms with E-state index in [0.29, 0.717) is 5.75 Å². The van der Waals surface area contributed by atoms with Gasteiger partial charge in [-0.3, -0.25) is 4.79 Å². The zero-order chi connectivity index (χ0) is 18.1. The summed E-state index contributed by atoms with van der Waals surface area (Å²) in [6.45, 7) is 6.14. The van der Waals surface area contributed by atoms with Gasteiger partial charge in [0.2, 0.25) is 0 Å². The van der Waals surface area contributed by atoms with E-state index < -0.39 is 0 Å². The monoisotopic (exact) mass is 451 g/mol. The fraction of sp³-hybridized carbons (Fsp3) is 0.263. The molecule has 0 aliphatic rings. The van der Waals surface area contributed by atoms with Gasteiger partial charge >= 0.3 is 0 Å². The molecule has 0 fully saturated rings. The standard InChI is InChI=1S/C19H22IN3O2/c1-3-23(4-2)17-9-5-15(6-10-17)13-21-22-19(24)14-25-18-11-7-16(20)8-12-18/h5-13H,3-4,14H2,1-2H3,(H,22,24)/b21-13-. The summed E-state index contributed by atoms with van der Waals surface area (Å²) in [7, 11) is 0. The van der Waals surface area contributed by atoms with Crippen LogP contribution in [-0.4, -0.2) is 31.8 Å². The molecule has 25 heavy (non-hydrogen) atoms. The summed E-state index contributed by atoms with van der Waals surface area (Å²) in [6.07, 6.45) is 1.62. The Morgan fingerprint density at radius 1 is 1.12 bits per heavy atom. The number of hydrogen-bond acceptors (Lipinski definition) is 4. The van der Waals surface area contributed by atoms with Gasteiger partial charge in [0.25, 0.3) is 5.91 Å². The third-order valence-electron chi connectivity index (χ3n) is 3.61. The van der Waals surface area contributed by atoms with Crippen molar-refractivity contribution in [2.75, 3.05) is 24.6 Å². The Balaban J connectivity index is 1.79. The van der Waals surface area contributed by atoms with Gasteiger partial charge in [0, 0.05) is 22.3 Å². The minimum atomic E-state index is -0.297. The van der Waals surface area contributed by atoms with Crippen LogP contribution in [-0.2, 0) is 4.79 Å². The van der Waals surface area contributed by atoms with Crippen LogP contribution >= 0.6 is 22.6 Å². The molecule has 0 heterocycles. The van der Waals surface area contributed by atoms with Crippen LogP contribution in [0.4, 0.5) is 5.69 Å². The van der Waals surface area contributed by atoms with Gasteiger partial charge in [-0.05, 0) is 78.4 Å². The van der Waals surface area contributed by atoms with Crippen molar-refractivity contribution in [2.45, 2.75) is 13.8 Å². The Labute approximate surface area is 162 Å². The van der Waals surface area contributed by atoms with E-state index in [0.717, 1.165) is 22.2 Å². The van der Waals surface area contributed by atoms with Crippen molar-refractivity contribution in [1.29, 1.82) is 0 Å². The number of halogens is 1. The number of benzene rings is 2. The molecule has 1 N–H and O–H groups in total. The quantitative estimate of drug-likeness (QED) is 0.379. The second-order valence-electron chi connectivity index (χ2n) is 5.30. The van der Waals surface area contributed by atoms with Gasteiger partial charge in [-0.15, -0.1) is 0 Å². The zero-order valence-corrected chi connectivity index (χ0v) is 16.6. The molecule has 0 radical (unpaired) electrons. The number of nitrogens with one attached hydrogen (secondary N) is 1. The molecule has 0 spiro atoms. The molecular weight excluding hydrogens is 429 g/mol. The molecule has 0 aliphatic heterocycles. The number of rotatable bonds is 8. The van der Waals surface area contributed by atoms with E-state index in [1.165, 1.54) is 5.69 Å². The van der Waals surface area contributed by atoms with Crippen molar-refractivity contribution in [2.24, 2.45) is 5.10 Å². The summed E-state index contributed by atoms with van der Waals surface area (Å²) in [4.78, 5) is 14.0. The van der Waals surface area contributed by atoms with Crippen LogP contribution in [0, 0.1) is 3.57 Å². The van der Waals surface area contributed by atoms with Crippen LogP contribution in [0.1, 0.15) is 19.4 Å². The van der Waals surface area contributed by atoms with Crippen LogP contribution in [0.25, 0.3) is 0 Å². The van der Waals surface area contributed by atoms with Crippen molar-refractivity contribution < 1.29 is 9.53 Å². The van der Waals surface area contributed by atoms with E-state index >= 15 is 0 Å². The molecule has 0 unspecified atom stereocenters. The Kier molecular flexibility index (Phi) is 7.72. The first-order valence-corrected chi connectivity index (χ1v) is 9.25. The maximum atomic E-state index is 11.7. The molecule has 0 bridgehead atoms. The molecule has 1 amide bonds. The number of hydrogen-bond donors (Lipinski definition) is 1. The van der Waals surface area contributed by atoms with Gasteiger partial charge in [0.05, 0.1) is 6.21 Å². The molecule has 132 valence electrons. The molecule has 5 nitrogen and oxygen atoms in total. The van der Waals surface area contributed by atoms with E-state index in [4.69, 9.17) is 4.74 Å². The predicted molar refractivity (Wildman–Crippen MR) is 110 cm³/mol. The van der Waals surface area contributed by atoms with E-state index in [-0.39, 0.29) is 12.5 Å². The van der Waals surface area contributed by atoms with Gasteiger partial charge in [-0.25, -0.2) is 5.43 Å². The fourth-order valence-corrected chi connectivity index (χ4v) is 2.61. The lowest BCUT2D eigenvalue weighted by Gasteiger charge is -2.20. The number of amides is 1. The van der Waals surface area contributed by atoms with Gasteiger partial charge in [0.1, 0.15) is 5.75 Å². The summed E-state index contributed by atoms with van der Waals surface area (Å²) in [5, 5.41) is 3.96. The lowest BCUT2D eigenvalue weighted by Crippen LogP contribution is -2.24. The summed E-state index contributed by atoms with van der Waals surface area (Å²) < 4.78 is 6.51. The third kappa shape index (κ3) is 6.38. The molecule has 0 saturated carbocycles. The van der Waals surface area contributed by atoms with Gasteiger partial charge in [0.15, 0.2) is 6.61 Å². The normalized spacial score (nSPS) is 10.7.